The molecule has 0 bridgehead atoms. The van der Waals surface area contributed by atoms with E-state index in [1.165, 1.54) is 0 Å². The average Bonchev–Trinajstić information content (AvgIpc) is 2.64. The smallest absolute Gasteiger partial charge is 0.323 e. The van der Waals surface area contributed by atoms with Crippen LogP contribution in [0.4, 0.5) is 5.95 Å². The fraction of sp³-hybridized carbons (Fsp3) is 0.727. The van der Waals surface area contributed by atoms with E-state index in [-0.39, 0.29) is 12.0 Å². The van der Waals surface area contributed by atoms with E-state index < -0.39 is 5.97 Å². The highest BCUT2D eigenvalue weighted by Crippen LogP contribution is 2.22. The molecule has 0 saturated carbocycles. The molecule has 0 radical (unpaired) electrons. The molecule has 96 valence electrons. The van der Waals surface area contributed by atoms with Crippen molar-refractivity contribution in [1.29, 1.82) is 0 Å². The zero-order valence-corrected chi connectivity index (χ0v) is 10.7. The Kier molecular flexibility index (Phi) is 4.09. The molecule has 0 fully saturated rings. The van der Waals surface area contributed by atoms with E-state index in [1.54, 1.807) is 4.90 Å². The lowest BCUT2D eigenvalue weighted by molar-refractivity contribution is -0.135. The molecule has 0 atom stereocenters. The van der Waals surface area contributed by atoms with Crippen LogP contribution in [0.1, 0.15) is 40.0 Å². The maximum absolute atomic E-state index is 10.7. The van der Waals surface area contributed by atoms with Gasteiger partial charge in [-0.05, 0) is 11.6 Å². The molecule has 0 saturated heterocycles. The Morgan fingerprint density at radius 2 is 2.12 bits per heavy atom. The number of hydrogen-bond donors (Lipinski definition) is 1. The van der Waals surface area contributed by atoms with Gasteiger partial charge >= 0.3 is 5.97 Å². The maximum atomic E-state index is 10.7. The number of hydrogen-bond acceptors (Lipinski definition) is 5. The van der Waals surface area contributed by atoms with Gasteiger partial charge in [-0.1, -0.05) is 27.7 Å². The number of aliphatic carboxylic acids is 1. The Balaban J connectivity index is 2.87. The van der Waals surface area contributed by atoms with Crippen LogP contribution in [0.25, 0.3) is 0 Å². The van der Waals surface area contributed by atoms with Crippen LogP contribution < -0.4 is 4.90 Å². The molecular weight excluding hydrogens is 222 g/mol. The van der Waals surface area contributed by atoms with Crippen molar-refractivity contribution in [3.8, 4) is 0 Å². The monoisotopic (exact) mass is 241 g/mol. The van der Waals surface area contributed by atoms with Gasteiger partial charge in [0.25, 0.3) is 5.95 Å². The summed E-state index contributed by atoms with van der Waals surface area (Å²) in [4.78, 5) is 16.6. The van der Waals surface area contributed by atoms with Crippen LogP contribution in [-0.4, -0.2) is 34.3 Å². The van der Waals surface area contributed by atoms with E-state index in [0.29, 0.717) is 18.4 Å². The maximum Gasteiger partial charge on any atom is 0.323 e. The van der Waals surface area contributed by atoms with Crippen molar-refractivity contribution in [2.24, 2.45) is 0 Å². The first-order valence-corrected chi connectivity index (χ1v) is 5.65. The molecule has 1 aromatic rings. The SMILES string of the molecule is CCCN(CC(=O)O)c1noc(C(C)(C)C)n1. The summed E-state index contributed by atoms with van der Waals surface area (Å²) >= 11 is 0. The largest absolute Gasteiger partial charge is 0.480 e. The lowest BCUT2D eigenvalue weighted by atomic mass is 9.97. The number of anilines is 1. The Morgan fingerprint density at radius 1 is 1.47 bits per heavy atom. The third-order valence-electron chi connectivity index (χ3n) is 2.16. The second-order valence-corrected chi connectivity index (χ2v) is 4.96. The second kappa shape index (κ2) is 5.16. The van der Waals surface area contributed by atoms with Crippen molar-refractivity contribution in [2.75, 3.05) is 18.0 Å². The molecule has 17 heavy (non-hydrogen) atoms. The number of carbonyl (C=O) groups is 1. The summed E-state index contributed by atoms with van der Waals surface area (Å²) < 4.78 is 5.14. The van der Waals surface area contributed by atoms with Crippen molar-refractivity contribution in [3.63, 3.8) is 0 Å². The molecule has 6 heteroatoms. The van der Waals surface area contributed by atoms with E-state index in [9.17, 15) is 4.79 Å². The Bertz CT molecular complexity index is 382. The lowest BCUT2D eigenvalue weighted by Crippen LogP contribution is -2.31. The first-order chi connectivity index (χ1) is 7.84. The minimum Gasteiger partial charge on any atom is -0.480 e. The standard InChI is InChI=1S/C11H19N3O3/c1-5-6-14(7-8(15)16)10-12-9(17-13-10)11(2,3)4/h5-7H2,1-4H3,(H,15,16). The number of aromatic nitrogens is 2. The van der Waals surface area contributed by atoms with E-state index in [4.69, 9.17) is 9.63 Å². The topological polar surface area (TPSA) is 79.5 Å². The highest BCUT2D eigenvalue weighted by Gasteiger charge is 2.24. The molecule has 0 unspecified atom stereocenters. The summed E-state index contributed by atoms with van der Waals surface area (Å²) in [5.41, 5.74) is -0.230. The molecule has 0 aliphatic carbocycles. The lowest BCUT2D eigenvalue weighted by Gasteiger charge is -2.16. The first-order valence-electron chi connectivity index (χ1n) is 5.65. The summed E-state index contributed by atoms with van der Waals surface area (Å²) in [5.74, 6) is -0.0428. The summed E-state index contributed by atoms with van der Waals surface area (Å²) in [5, 5.41) is 12.6. The van der Waals surface area contributed by atoms with Crippen LogP contribution in [0.3, 0.4) is 0 Å². The summed E-state index contributed by atoms with van der Waals surface area (Å²) in [7, 11) is 0. The number of carboxylic acid groups (broad SMARTS) is 1. The van der Waals surface area contributed by atoms with Crippen molar-refractivity contribution in [1.82, 2.24) is 10.1 Å². The van der Waals surface area contributed by atoms with E-state index in [0.717, 1.165) is 6.42 Å². The van der Waals surface area contributed by atoms with E-state index >= 15 is 0 Å². The van der Waals surface area contributed by atoms with Gasteiger partial charge in [0, 0.05) is 12.0 Å². The van der Waals surface area contributed by atoms with Crippen molar-refractivity contribution < 1.29 is 14.4 Å². The third kappa shape index (κ3) is 3.72. The molecule has 1 heterocycles. The zero-order chi connectivity index (χ0) is 13.1. The number of rotatable bonds is 5. The van der Waals surface area contributed by atoms with Gasteiger partial charge in [-0.2, -0.15) is 4.98 Å². The number of carboxylic acids is 1. The Hall–Kier alpha value is -1.59. The number of nitrogens with zero attached hydrogens (tertiary/aromatic N) is 3. The minimum absolute atomic E-state index is 0.114. The summed E-state index contributed by atoms with van der Waals surface area (Å²) in [6.07, 6.45) is 0.826. The molecule has 0 aliphatic rings. The van der Waals surface area contributed by atoms with Gasteiger partial charge in [-0.3, -0.25) is 4.79 Å². The predicted octanol–water partition coefficient (Wildman–Crippen LogP) is 1.67. The van der Waals surface area contributed by atoms with Crippen molar-refractivity contribution in [3.05, 3.63) is 5.89 Å². The van der Waals surface area contributed by atoms with E-state index in [1.807, 2.05) is 27.7 Å². The van der Waals surface area contributed by atoms with Gasteiger partial charge in [-0.15, -0.1) is 0 Å². The molecule has 0 amide bonds. The van der Waals surface area contributed by atoms with Crippen LogP contribution >= 0.6 is 0 Å². The van der Waals surface area contributed by atoms with Gasteiger partial charge in [0.05, 0.1) is 0 Å². The highest BCUT2D eigenvalue weighted by molar-refractivity contribution is 5.72. The summed E-state index contributed by atoms with van der Waals surface area (Å²) in [6.45, 7) is 8.34. The zero-order valence-electron chi connectivity index (χ0n) is 10.7. The minimum atomic E-state index is -0.902. The third-order valence-corrected chi connectivity index (χ3v) is 2.16. The molecule has 0 aromatic carbocycles. The molecule has 0 aliphatic heterocycles. The molecule has 1 aromatic heterocycles. The van der Waals surface area contributed by atoms with Crippen LogP contribution in [0, 0.1) is 0 Å². The molecule has 1 N–H and O–H groups in total. The molecule has 0 spiro atoms. The predicted molar refractivity (Wildman–Crippen MR) is 63.1 cm³/mol. The van der Waals surface area contributed by atoms with Crippen LogP contribution in [0.15, 0.2) is 4.52 Å². The summed E-state index contributed by atoms with van der Waals surface area (Å²) in [6, 6.07) is 0. The fourth-order valence-corrected chi connectivity index (χ4v) is 1.33. The normalized spacial score (nSPS) is 11.5. The average molecular weight is 241 g/mol. The van der Waals surface area contributed by atoms with Crippen molar-refractivity contribution >= 4 is 11.9 Å². The quantitative estimate of drug-likeness (QED) is 0.844. The van der Waals surface area contributed by atoms with Gasteiger partial charge in [0.2, 0.25) is 5.89 Å². The first kappa shape index (κ1) is 13.5. The Labute approximate surface area is 101 Å². The van der Waals surface area contributed by atoms with Gasteiger partial charge in [0.15, 0.2) is 0 Å². The van der Waals surface area contributed by atoms with Crippen molar-refractivity contribution in [2.45, 2.75) is 39.5 Å². The van der Waals surface area contributed by atoms with Gasteiger partial charge in [0.1, 0.15) is 6.54 Å². The molecule has 1 rings (SSSR count). The van der Waals surface area contributed by atoms with Gasteiger partial charge < -0.3 is 14.5 Å². The van der Waals surface area contributed by atoms with Crippen LogP contribution in [-0.2, 0) is 10.2 Å². The van der Waals surface area contributed by atoms with Gasteiger partial charge in [-0.25, -0.2) is 0 Å². The molecular formula is C11H19N3O3. The molecule has 6 nitrogen and oxygen atoms in total. The Morgan fingerprint density at radius 3 is 2.53 bits per heavy atom. The van der Waals surface area contributed by atoms with E-state index in [2.05, 4.69) is 10.1 Å². The highest BCUT2D eigenvalue weighted by atomic mass is 16.5. The second-order valence-electron chi connectivity index (χ2n) is 4.96. The van der Waals surface area contributed by atoms with Crippen LogP contribution in [0.2, 0.25) is 0 Å². The van der Waals surface area contributed by atoms with Crippen LogP contribution in [0.5, 0.6) is 0 Å². The fourth-order valence-electron chi connectivity index (χ4n) is 1.33.